The van der Waals surface area contributed by atoms with E-state index in [2.05, 4.69) is 54.3 Å². The Kier molecular flexibility index (Phi) is 4.19. The summed E-state index contributed by atoms with van der Waals surface area (Å²) >= 11 is 1.74. The number of benzene rings is 2. The number of aromatic nitrogens is 1. The molecule has 110 valence electrons. The van der Waals surface area contributed by atoms with Gasteiger partial charge < -0.3 is 9.88 Å². The molecule has 0 unspecified atom stereocenters. The smallest absolute Gasteiger partial charge is 0.0991 e. The van der Waals surface area contributed by atoms with Crippen molar-refractivity contribution in [1.82, 2.24) is 9.88 Å². The van der Waals surface area contributed by atoms with Crippen LogP contribution in [0.4, 0.5) is 0 Å². The molecule has 22 heavy (non-hydrogen) atoms. The molecule has 0 aliphatic heterocycles. The van der Waals surface area contributed by atoms with Crippen LogP contribution in [0.5, 0.6) is 0 Å². The van der Waals surface area contributed by atoms with Gasteiger partial charge in [0.05, 0.1) is 11.6 Å². The molecule has 2 aromatic carbocycles. The van der Waals surface area contributed by atoms with Gasteiger partial charge in [0, 0.05) is 33.4 Å². The van der Waals surface area contributed by atoms with Gasteiger partial charge in [-0.25, -0.2) is 0 Å². The third-order valence-electron chi connectivity index (χ3n) is 3.45. The van der Waals surface area contributed by atoms with Gasteiger partial charge in [-0.2, -0.15) is 5.26 Å². The molecule has 0 spiro atoms. The van der Waals surface area contributed by atoms with Crippen LogP contribution in [0, 0.1) is 11.3 Å². The minimum Gasteiger partial charge on any atom is -0.360 e. The summed E-state index contributed by atoms with van der Waals surface area (Å²) in [4.78, 5) is 7.85. The van der Waals surface area contributed by atoms with E-state index >= 15 is 0 Å². The van der Waals surface area contributed by atoms with Gasteiger partial charge in [-0.1, -0.05) is 30.0 Å². The largest absolute Gasteiger partial charge is 0.360 e. The molecule has 3 aromatic rings. The molecule has 3 nitrogen and oxygen atoms in total. The second-order valence-corrected chi connectivity index (χ2v) is 6.56. The molecule has 0 amide bonds. The van der Waals surface area contributed by atoms with Crippen molar-refractivity contribution < 1.29 is 0 Å². The summed E-state index contributed by atoms with van der Waals surface area (Å²) in [6.07, 6.45) is 2.02. The Morgan fingerprint density at radius 3 is 2.73 bits per heavy atom. The lowest BCUT2D eigenvalue weighted by atomic mass is 10.2. The number of nitrogens with zero attached hydrogens (tertiary/aromatic N) is 2. The van der Waals surface area contributed by atoms with Crippen LogP contribution < -0.4 is 0 Å². The number of fused-ring (bicyclic) bond motifs is 1. The fraction of sp³-hybridized carbons (Fsp3) is 0.167. The summed E-state index contributed by atoms with van der Waals surface area (Å²) in [5.74, 6) is 0. The number of nitrogens with one attached hydrogen (secondary N) is 1. The van der Waals surface area contributed by atoms with E-state index < -0.39 is 0 Å². The molecule has 0 radical (unpaired) electrons. The number of rotatable bonds is 4. The lowest BCUT2D eigenvalue weighted by molar-refractivity contribution is 0.399. The molecule has 0 aliphatic rings. The zero-order chi connectivity index (χ0) is 15.5. The summed E-state index contributed by atoms with van der Waals surface area (Å²) in [5.41, 5.74) is 3.06. The van der Waals surface area contributed by atoms with Gasteiger partial charge in [-0.05, 0) is 43.9 Å². The van der Waals surface area contributed by atoms with E-state index in [1.165, 1.54) is 10.5 Å². The zero-order valence-electron chi connectivity index (χ0n) is 12.6. The van der Waals surface area contributed by atoms with Gasteiger partial charge in [-0.3, -0.25) is 0 Å². The number of H-pyrrole nitrogens is 1. The molecule has 1 aromatic heterocycles. The summed E-state index contributed by atoms with van der Waals surface area (Å²) in [6, 6.07) is 16.4. The lowest BCUT2D eigenvalue weighted by Crippen LogP contribution is -2.11. The predicted molar refractivity (Wildman–Crippen MR) is 91.0 cm³/mol. The van der Waals surface area contributed by atoms with Gasteiger partial charge >= 0.3 is 0 Å². The Labute approximate surface area is 134 Å². The molecule has 3 rings (SSSR count). The Bertz CT molecular complexity index is 843. The highest BCUT2D eigenvalue weighted by molar-refractivity contribution is 7.99. The van der Waals surface area contributed by atoms with Crippen LogP contribution in [0.2, 0.25) is 0 Å². The van der Waals surface area contributed by atoms with Gasteiger partial charge in [-0.15, -0.1) is 0 Å². The molecular formula is C18H17N3S. The maximum absolute atomic E-state index is 9.09. The second kappa shape index (κ2) is 6.27. The lowest BCUT2D eigenvalue weighted by Gasteiger charge is -2.13. The minimum atomic E-state index is 0.690. The highest BCUT2D eigenvalue weighted by Crippen LogP contribution is 2.36. The van der Waals surface area contributed by atoms with E-state index in [1.54, 1.807) is 11.8 Å². The normalized spacial score (nSPS) is 11.0. The number of hydrogen-bond donors (Lipinski definition) is 1. The topological polar surface area (TPSA) is 42.8 Å². The van der Waals surface area contributed by atoms with Crippen molar-refractivity contribution in [2.75, 3.05) is 14.1 Å². The summed E-state index contributed by atoms with van der Waals surface area (Å²) < 4.78 is 0. The Morgan fingerprint density at radius 1 is 1.14 bits per heavy atom. The molecule has 1 heterocycles. The molecule has 4 heteroatoms. The van der Waals surface area contributed by atoms with Gasteiger partial charge in [0.2, 0.25) is 0 Å². The average molecular weight is 307 g/mol. The van der Waals surface area contributed by atoms with Crippen molar-refractivity contribution >= 4 is 22.7 Å². The quantitative estimate of drug-likeness (QED) is 0.783. The van der Waals surface area contributed by atoms with Gasteiger partial charge in [0.1, 0.15) is 0 Å². The molecule has 0 fully saturated rings. The maximum atomic E-state index is 9.09. The van der Waals surface area contributed by atoms with E-state index in [0.29, 0.717) is 5.56 Å². The highest BCUT2D eigenvalue weighted by Gasteiger charge is 2.09. The maximum Gasteiger partial charge on any atom is 0.0991 e. The molecule has 0 atom stereocenters. The molecule has 0 saturated carbocycles. The standard InChI is InChI=1S/C18H17N3S/c1-21(2)12-14-5-3-4-6-17(14)22-18-11-20-16-8-7-13(10-19)9-15(16)18/h3-9,11,20H,12H2,1-2H3. The van der Waals surface area contributed by atoms with Crippen LogP contribution in [0.25, 0.3) is 10.9 Å². The number of aromatic amines is 1. The van der Waals surface area contributed by atoms with Crippen molar-refractivity contribution in [3.8, 4) is 6.07 Å². The summed E-state index contributed by atoms with van der Waals surface area (Å²) in [7, 11) is 4.15. The monoisotopic (exact) mass is 307 g/mol. The minimum absolute atomic E-state index is 0.690. The Hall–Kier alpha value is -2.22. The molecule has 0 bridgehead atoms. The van der Waals surface area contributed by atoms with Gasteiger partial charge in [0.15, 0.2) is 0 Å². The average Bonchev–Trinajstić information content (AvgIpc) is 2.91. The fourth-order valence-electron chi connectivity index (χ4n) is 2.44. The van der Waals surface area contributed by atoms with Crippen LogP contribution in [0.1, 0.15) is 11.1 Å². The Morgan fingerprint density at radius 2 is 1.95 bits per heavy atom. The van der Waals surface area contributed by atoms with E-state index in [0.717, 1.165) is 22.3 Å². The summed E-state index contributed by atoms with van der Waals surface area (Å²) in [5, 5.41) is 10.2. The first-order chi connectivity index (χ1) is 10.7. The first-order valence-electron chi connectivity index (χ1n) is 7.09. The van der Waals surface area contributed by atoms with Crippen LogP contribution >= 0.6 is 11.8 Å². The van der Waals surface area contributed by atoms with Gasteiger partial charge in [0.25, 0.3) is 0 Å². The van der Waals surface area contributed by atoms with E-state index in [4.69, 9.17) is 5.26 Å². The van der Waals surface area contributed by atoms with Crippen LogP contribution in [0.3, 0.4) is 0 Å². The first-order valence-corrected chi connectivity index (χ1v) is 7.91. The number of nitriles is 1. The van der Waals surface area contributed by atoms with Crippen LogP contribution in [-0.2, 0) is 6.54 Å². The molecular weight excluding hydrogens is 290 g/mol. The molecule has 1 N–H and O–H groups in total. The van der Waals surface area contributed by atoms with E-state index in [-0.39, 0.29) is 0 Å². The predicted octanol–water partition coefficient (Wildman–Crippen LogP) is 4.25. The molecule has 0 aliphatic carbocycles. The third kappa shape index (κ3) is 3.01. The molecule has 0 saturated heterocycles. The fourth-order valence-corrected chi connectivity index (χ4v) is 3.49. The van der Waals surface area contributed by atoms with Crippen molar-refractivity contribution in [3.05, 3.63) is 59.8 Å². The van der Waals surface area contributed by atoms with E-state index in [9.17, 15) is 0 Å². The summed E-state index contributed by atoms with van der Waals surface area (Å²) in [6.45, 7) is 0.912. The first kappa shape index (κ1) is 14.7. The van der Waals surface area contributed by atoms with Crippen LogP contribution in [-0.4, -0.2) is 24.0 Å². The SMILES string of the molecule is CN(C)Cc1ccccc1Sc1c[nH]c2ccc(C#N)cc12. The Balaban J connectivity index is 1.99. The van der Waals surface area contributed by atoms with Crippen molar-refractivity contribution in [3.63, 3.8) is 0 Å². The zero-order valence-corrected chi connectivity index (χ0v) is 13.4. The highest BCUT2D eigenvalue weighted by atomic mass is 32.2. The van der Waals surface area contributed by atoms with Crippen molar-refractivity contribution in [1.29, 1.82) is 5.26 Å². The van der Waals surface area contributed by atoms with E-state index in [1.807, 2.05) is 24.4 Å². The third-order valence-corrected chi connectivity index (χ3v) is 4.63. The van der Waals surface area contributed by atoms with Crippen LogP contribution in [0.15, 0.2) is 58.5 Å². The van der Waals surface area contributed by atoms with Crippen molar-refractivity contribution in [2.45, 2.75) is 16.3 Å². The number of hydrogen-bond acceptors (Lipinski definition) is 3. The second-order valence-electron chi connectivity index (χ2n) is 5.47. The van der Waals surface area contributed by atoms with Crippen molar-refractivity contribution in [2.24, 2.45) is 0 Å².